The van der Waals surface area contributed by atoms with Crippen LogP contribution in [0.5, 0.6) is 0 Å². The van der Waals surface area contributed by atoms with Crippen molar-refractivity contribution in [2.75, 3.05) is 0 Å². The Bertz CT molecular complexity index is 631. The van der Waals surface area contributed by atoms with Gasteiger partial charge in [0.25, 0.3) is 0 Å². The molecule has 0 aliphatic rings. The Morgan fingerprint density at radius 3 is 1.91 bits per heavy atom. The van der Waals surface area contributed by atoms with E-state index < -0.39 is 0 Å². The highest BCUT2D eigenvalue weighted by Crippen LogP contribution is 2.15. The fourth-order valence-corrected chi connectivity index (χ4v) is 2.60. The lowest BCUT2D eigenvalue weighted by atomic mass is 10.1. The predicted molar refractivity (Wildman–Crippen MR) is 147 cm³/mol. The highest BCUT2D eigenvalue weighted by atomic mass is 32.1. The largest absolute Gasteiger partial charge is 0.448 e. The Kier molecular flexibility index (Phi) is 22.9. The molecule has 3 aromatic rings. The molecule has 0 saturated heterocycles. The lowest BCUT2D eigenvalue weighted by Crippen LogP contribution is -1.99. The van der Waals surface area contributed by atoms with E-state index >= 15 is 0 Å². The van der Waals surface area contributed by atoms with Gasteiger partial charge in [-0.3, -0.25) is 4.68 Å². The summed E-state index contributed by atoms with van der Waals surface area (Å²) in [6, 6.07) is 2.42. The fourth-order valence-electron chi connectivity index (χ4n) is 1.95. The Morgan fingerprint density at radius 1 is 1.06 bits per heavy atom. The van der Waals surface area contributed by atoms with Crippen LogP contribution in [-0.4, -0.2) is 19.7 Å². The molecular weight excluding hydrogens is 435 g/mol. The third-order valence-electron chi connectivity index (χ3n) is 3.66. The number of aromatic nitrogens is 4. The van der Waals surface area contributed by atoms with Gasteiger partial charge in [0.2, 0.25) is 0 Å². The van der Waals surface area contributed by atoms with E-state index in [-0.39, 0.29) is 17.3 Å². The maximum absolute atomic E-state index is 4.98. The maximum atomic E-state index is 4.98. The summed E-state index contributed by atoms with van der Waals surface area (Å²) in [4.78, 5) is 7.91. The van der Waals surface area contributed by atoms with E-state index in [1.807, 2.05) is 34.6 Å². The van der Waals surface area contributed by atoms with Crippen LogP contribution in [0.3, 0.4) is 0 Å². The molecule has 1 atom stereocenters. The molecule has 0 fully saturated rings. The van der Waals surface area contributed by atoms with Gasteiger partial charge in [-0.05, 0) is 32.3 Å². The zero-order valence-corrected chi connectivity index (χ0v) is 22.9. The van der Waals surface area contributed by atoms with Crippen LogP contribution in [0, 0.1) is 5.92 Å². The molecule has 0 N–H and O–H groups in total. The van der Waals surface area contributed by atoms with Crippen LogP contribution in [0.25, 0.3) is 0 Å². The van der Waals surface area contributed by atoms with Gasteiger partial charge in [-0.1, -0.05) is 55.0 Å². The van der Waals surface area contributed by atoms with Crippen molar-refractivity contribution < 1.29 is 4.42 Å². The molecule has 32 heavy (non-hydrogen) atoms. The molecule has 3 rings (SSSR count). The van der Waals surface area contributed by atoms with Crippen molar-refractivity contribution in [3.05, 3.63) is 66.1 Å². The van der Waals surface area contributed by atoms with Crippen molar-refractivity contribution in [3.63, 3.8) is 0 Å². The molecule has 0 amide bonds. The molecule has 0 aliphatic carbocycles. The number of rotatable bonds is 5. The topological polar surface area (TPSA) is 56.7 Å². The predicted octanol–water partition coefficient (Wildman–Crippen LogP) is 8.44. The Hall–Kier alpha value is -1.78. The van der Waals surface area contributed by atoms with Crippen molar-refractivity contribution in [3.8, 4) is 0 Å². The minimum atomic E-state index is 0. The maximum Gasteiger partial charge on any atom is 0.180 e. The second-order valence-electron chi connectivity index (χ2n) is 8.08. The monoisotopic (exact) mass is 482 g/mol. The second-order valence-corrected chi connectivity index (χ2v) is 9.01. The smallest absolute Gasteiger partial charge is 0.180 e. The molecule has 0 bridgehead atoms. The molecule has 3 aromatic heterocycles. The first-order valence-electron chi connectivity index (χ1n) is 10.6. The van der Waals surface area contributed by atoms with E-state index in [1.54, 1.807) is 23.7 Å². The standard InChI is InChI=1S/C6H10N2.C6H9NO.C6H9NS.C6H12.CH4.H3P/c1-6(2)8-5-3-4-7-8;1-5(2)6-3-7-4-8-6;1-5(2)6-7-3-4-8-6;1-4-5-6(2)3;;/h3-6H,1-2H3;2*3-5H,1-2H3;4,6H,1,5H2,2-3H3;1H4;1H3. The quantitative estimate of drug-likeness (QED) is 0.270. The summed E-state index contributed by atoms with van der Waals surface area (Å²) in [5, 5.41) is 7.27. The van der Waals surface area contributed by atoms with E-state index in [1.165, 1.54) is 11.4 Å². The number of thiazole rings is 1. The average Bonchev–Trinajstić information content (AvgIpc) is 3.47. The van der Waals surface area contributed by atoms with Crippen LogP contribution in [0.1, 0.15) is 97.9 Å². The minimum absolute atomic E-state index is 0. The van der Waals surface area contributed by atoms with E-state index in [2.05, 4.69) is 77.0 Å². The first kappa shape index (κ1) is 34.8. The molecule has 0 saturated carbocycles. The lowest BCUT2D eigenvalue weighted by molar-refractivity contribution is 0.482. The Labute approximate surface area is 204 Å². The van der Waals surface area contributed by atoms with Crippen LogP contribution < -0.4 is 0 Å². The van der Waals surface area contributed by atoms with Gasteiger partial charge in [0.15, 0.2) is 6.39 Å². The molecule has 0 radical (unpaired) electrons. The van der Waals surface area contributed by atoms with Gasteiger partial charge < -0.3 is 4.42 Å². The van der Waals surface area contributed by atoms with Crippen LogP contribution in [0.4, 0.5) is 0 Å². The molecular formula is C25H47N4OPS. The SMILES string of the molecule is C.C=CCC(C)C.CC(C)c1cnco1.CC(C)c1nccs1.CC(C)n1cccn1.P. The van der Waals surface area contributed by atoms with Gasteiger partial charge in [0.1, 0.15) is 5.76 Å². The average molecular weight is 483 g/mol. The minimum Gasteiger partial charge on any atom is -0.448 e. The van der Waals surface area contributed by atoms with Gasteiger partial charge >= 0.3 is 0 Å². The summed E-state index contributed by atoms with van der Waals surface area (Å²) < 4.78 is 6.90. The number of nitrogens with zero attached hydrogens (tertiary/aromatic N) is 4. The summed E-state index contributed by atoms with van der Waals surface area (Å²) in [7, 11) is 0. The lowest BCUT2D eigenvalue weighted by Gasteiger charge is -2.01. The molecule has 0 spiro atoms. The van der Waals surface area contributed by atoms with E-state index in [4.69, 9.17) is 4.42 Å². The van der Waals surface area contributed by atoms with E-state index in [0.717, 1.165) is 18.1 Å². The summed E-state index contributed by atoms with van der Waals surface area (Å²) >= 11 is 1.72. The molecule has 7 heteroatoms. The highest BCUT2D eigenvalue weighted by Gasteiger charge is 1.99. The molecule has 3 heterocycles. The molecule has 0 aromatic carbocycles. The zero-order valence-electron chi connectivity index (χ0n) is 20.7. The van der Waals surface area contributed by atoms with Crippen molar-refractivity contribution in [2.24, 2.45) is 5.92 Å². The first-order valence-corrected chi connectivity index (χ1v) is 11.4. The highest BCUT2D eigenvalue weighted by molar-refractivity contribution is 7.09. The summed E-state index contributed by atoms with van der Waals surface area (Å²) in [6.45, 7) is 20.6. The summed E-state index contributed by atoms with van der Waals surface area (Å²) in [5.74, 6) is 2.78. The van der Waals surface area contributed by atoms with Crippen molar-refractivity contribution >= 4 is 21.2 Å². The van der Waals surface area contributed by atoms with E-state index in [9.17, 15) is 0 Å². The first-order chi connectivity index (χ1) is 14.2. The van der Waals surface area contributed by atoms with Gasteiger partial charge in [-0.15, -0.1) is 17.9 Å². The van der Waals surface area contributed by atoms with Crippen LogP contribution >= 0.6 is 21.2 Å². The summed E-state index contributed by atoms with van der Waals surface area (Å²) in [5.41, 5.74) is 0. The van der Waals surface area contributed by atoms with Gasteiger partial charge in [-0.25, -0.2) is 9.97 Å². The summed E-state index contributed by atoms with van der Waals surface area (Å²) in [6.07, 6.45) is 11.9. The van der Waals surface area contributed by atoms with Crippen molar-refractivity contribution in [2.45, 2.75) is 87.1 Å². The number of hydrogen-bond acceptors (Lipinski definition) is 5. The van der Waals surface area contributed by atoms with Gasteiger partial charge in [0.05, 0.1) is 11.2 Å². The van der Waals surface area contributed by atoms with Crippen molar-refractivity contribution in [1.29, 1.82) is 0 Å². The number of hydrogen-bond donors (Lipinski definition) is 0. The molecule has 0 aliphatic heterocycles. The van der Waals surface area contributed by atoms with Gasteiger partial charge in [-0.2, -0.15) is 15.0 Å². The van der Waals surface area contributed by atoms with Crippen LogP contribution in [0.15, 0.2) is 59.7 Å². The normalized spacial score (nSPS) is 9.50. The Balaban J connectivity index is -0.000000346. The third-order valence-corrected chi connectivity index (χ3v) is 4.73. The fraction of sp³-hybridized carbons (Fsp3) is 0.560. The third kappa shape index (κ3) is 17.9. The number of allylic oxidation sites excluding steroid dienone is 1. The second kappa shape index (κ2) is 21.1. The van der Waals surface area contributed by atoms with Crippen LogP contribution in [0.2, 0.25) is 0 Å². The molecule has 5 nitrogen and oxygen atoms in total. The number of oxazole rings is 1. The Morgan fingerprint density at radius 2 is 1.72 bits per heavy atom. The molecule has 184 valence electrons. The molecule has 1 unspecified atom stereocenters. The van der Waals surface area contributed by atoms with Crippen molar-refractivity contribution in [1.82, 2.24) is 19.7 Å². The van der Waals surface area contributed by atoms with E-state index in [0.29, 0.717) is 17.9 Å². The van der Waals surface area contributed by atoms with Gasteiger partial charge in [0, 0.05) is 41.8 Å². The zero-order chi connectivity index (χ0) is 22.9. The van der Waals surface area contributed by atoms with Crippen LogP contribution in [-0.2, 0) is 0 Å².